The van der Waals surface area contributed by atoms with Crippen molar-refractivity contribution < 1.29 is 9.59 Å². The summed E-state index contributed by atoms with van der Waals surface area (Å²) in [4.78, 5) is 40.7. The molecule has 0 radical (unpaired) electrons. The summed E-state index contributed by atoms with van der Waals surface area (Å²) in [5.41, 5.74) is 4.71. The topological polar surface area (TPSA) is 81.7 Å². The van der Waals surface area contributed by atoms with E-state index in [-0.39, 0.29) is 18.2 Å². The first kappa shape index (κ1) is 25.3. The van der Waals surface area contributed by atoms with Crippen LogP contribution in [0.25, 0.3) is 11.3 Å². The molecule has 0 aliphatic carbocycles. The van der Waals surface area contributed by atoms with Crippen molar-refractivity contribution in [2.45, 2.75) is 27.2 Å². The number of likely N-dealkylation sites (N-methyl/N-ethyl adjacent to an activating group) is 3. The fourth-order valence-electron chi connectivity index (χ4n) is 4.42. The average Bonchev–Trinajstić information content (AvgIpc) is 3.01. The monoisotopic (exact) mass is 486 g/mol. The Kier molecular flexibility index (Phi) is 7.95. The minimum atomic E-state index is 0.00369. The molecule has 1 aliphatic heterocycles. The van der Waals surface area contributed by atoms with Crippen molar-refractivity contribution in [2.75, 3.05) is 50.0 Å². The zero-order valence-corrected chi connectivity index (χ0v) is 21.5. The van der Waals surface area contributed by atoms with Crippen LogP contribution >= 0.6 is 0 Å². The number of benzene rings is 2. The van der Waals surface area contributed by atoms with Gasteiger partial charge in [-0.2, -0.15) is 0 Å². The van der Waals surface area contributed by atoms with E-state index >= 15 is 0 Å². The largest absolute Gasteiger partial charge is 0.338 e. The Balaban J connectivity index is 1.50. The molecule has 2 aromatic carbocycles. The highest BCUT2D eigenvalue weighted by atomic mass is 16.2. The van der Waals surface area contributed by atoms with Crippen LogP contribution in [0.2, 0.25) is 0 Å². The lowest BCUT2D eigenvalue weighted by Crippen LogP contribution is -2.38. The molecule has 0 saturated carbocycles. The first-order valence-electron chi connectivity index (χ1n) is 12.6. The van der Waals surface area contributed by atoms with Gasteiger partial charge >= 0.3 is 0 Å². The summed E-state index contributed by atoms with van der Waals surface area (Å²) in [6, 6.07) is 15.2. The molecule has 3 aromatic rings. The summed E-state index contributed by atoms with van der Waals surface area (Å²) in [5, 5.41) is 3.24. The van der Waals surface area contributed by atoms with E-state index in [2.05, 4.69) is 29.0 Å². The van der Waals surface area contributed by atoms with Gasteiger partial charge in [0, 0.05) is 55.3 Å². The lowest BCUT2D eigenvalue weighted by atomic mass is 10.1. The maximum Gasteiger partial charge on any atom is 0.253 e. The molecule has 2 heterocycles. The standard InChI is InChI=1S/C28H34N6O2/c1-5-33(6-2)16-17-34(7-3)27(36)20-12-14-22(15-13-20)30-28-29-19-21-18-25(35)32(4)24-11-9-8-10-23(24)26(21)31-28/h8-15,19H,5-7,16-18H2,1-4H3,(H,29,30,31). The Morgan fingerprint density at radius 2 is 1.72 bits per heavy atom. The van der Waals surface area contributed by atoms with Crippen molar-refractivity contribution in [3.63, 3.8) is 0 Å². The molecule has 0 bridgehead atoms. The van der Waals surface area contributed by atoms with Crippen LogP contribution in [-0.4, -0.2) is 71.4 Å². The number of para-hydroxylation sites is 1. The van der Waals surface area contributed by atoms with Crippen LogP contribution in [-0.2, 0) is 11.2 Å². The van der Waals surface area contributed by atoms with Gasteiger partial charge in [-0.15, -0.1) is 0 Å². The van der Waals surface area contributed by atoms with Gasteiger partial charge in [-0.3, -0.25) is 9.59 Å². The summed E-state index contributed by atoms with van der Waals surface area (Å²) in [7, 11) is 1.78. The Morgan fingerprint density at radius 3 is 2.42 bits per heavy atom. The second-order valence-corrected chi connectivity index (χ2v) is 8.83. The number of fused-ring (bicyclic) bond motifs is 3. The molecule has 1 aromatic heterocycles. The molecule has 1 N–H and O–H groups in total. The van der Waals surface area contributed by atoms with Gasteiger partial charge in [0.05, 0.1) is 17.8 Å². The summed E-state index contributed by atoms with van der Waals surface area (Å²) < 4.78 is 0. The molecule has 188 valence electrons. The van der Waals surface area contributed by atoms with Gasteiger partial charge in [-0.05, 0) is 50.3 Å². The minimum absolute atomic E-state index is 0.00369. The number of carbonyl (C=O) groups is 2. The highest BCUT2D eigenvalue weighted by Crippen LogP contribution is 2.35. The SMILES string of the molecule is CCN(CC)CCN(CC)C(=O)c1ccc(Nc2ncc3c(n2)-c2ccccc2N(C)C(=O)C3)cc1. The van der Waals surface area contributed by atoms with E-state index in [0.29, 0.717) is 24.6 Å². The average molecular weight is 487 g/mol. The fourth-order valence-corrected chi connectivity index (χ4v) is 4.42. The third-order valence-corrected chi connectivity index (χ3v) is 6.74. The van der Waals surface area contributed by atoms with E-state index in [1.165, 1.54) is 0 Å². The summed E-state index contributed by atoms with van der Waals surface area (Å²) in [6.45, 7) is 10.5. The minimum Gasteiger partial charge on any atom is -0.338 e. The molecule has 8 heteroatoms. The number of carbonyl (C=O) groups excluding carboxylic acids is 2. The molecule has 36 heavy (non-hydrogen) atoms. The number of rotatable bonds is 9. The van der Waals surface area contributed by atoms with Gasteiger partial charge in [-0.1, -0.05) is 32.0 Å². The van der Waals surface area contributed by atoms with Crippen molar-refractivity contribution >= 4 is 29.1 Å². The highest BCUT2D eigenvalue weighted by molar-refractivity contribution is 6.01. The van der Waals surface area contributed by atoms with Crippen LogP contribution in [0.4, 0.5) is 17.3 Å². The van der Waals surface area contributed by atoms with E-state index < -0.39 is 0 Å². The molecule has 0 atom stereocenters. The lowest BCUT2D eigenvalue weighted by Gasteiger charge is -2.25. The number of amides is 2. The summed E-state index contributed by atoms with van der Waals surface area (Å²) in [6.07, 6.45) is 1.96. The Hall–Kier alpha value is -3.78. The summed E-state index contributed by atoms with van der Waals surface area (Å²) >= 11 is 0. The zero-order chi connectivity index (χ0) is 25.7. The van der Waals surface area contributed by atoms with E-state index in [9.17, 15) is 9.59 Å². The molecule has 0 spiro atoms. The van der Waals surface area contributed by atoms with E-state index in [1.54, 1.807) is 18.1 Å². The van der Waals surface area contributed by atoms with E-state index in [0.717, 1.165) is 47.8 Å². The van der Waals surface area contributed by atoms with Crippen LogP contribution in [0.5, 0.6) is 0 Å². The zero-order valence-electron chi connectivity index (χ0n) is 21.5. The Labute approximate surface area is 213 Å². The number of aromatic nitrogens is 2. The molecule has 1 aliphatic rings. The maximum absolute atomic E-state index is 13.0. The molecular weight excluding hydrogens is 452 g/mol. The Morgan fingerprint density at radius 1 is 1.00 bits per heavy atom. The van der Waals surface area contributed by atoms with Crippen LogP contribution in [0, 0.1) is 0 Å². The van der Waals surface area contributed by atoms with E-state index in [4.69, 9.17) is 4.98 Å². The molecule has 4 rings (SSSR count). The predicted octanol–water partition coefficient (Wildman–Crippen LogP) is 4.21. The van der Waals surface area contributed by atoms with E-state index in [1.807, 2.05) is 60.4 Å². The Bertz CT molecular complexity index is 1220. The van der Waals surface area contributed by atoms with Crippen LogP contribution in [0.1, 0.15) is 36.7 Å². The second-order valence-electron chi connectivity index (χ2n) is 8.83. The quantitative estimate of drug-likeness (QED) is 0.488. The van der Waals surface area contributed by atoms with Crippen molar-refractivity contribution in [1.29, 1.82) is 0 Å². The van der Waals surface area contributed by atoms with Gasteiger partial charge in [-0.25, -0.2) is 9.97 Å². The number of nitrogens with one attached hydrogen (secondary N) is 1. The van der Waals surface area contributed by atoms with Crippen molar-refractivity contribution in [2.24, 2.45) is 0 Å². The molecule has 0 fully saturated rings. The van der Waals surface area contributed by atoms with Crippen molar-refractivity contribution in [3.8, 4) is 11.3 Å². The van der Waals surface area contributed by atoms with Crippen LogP contribution in [0.3, 0.4) is 0 Å². The predicted molar refractivity (Wildman–Crippen MR) is 144 cm³/mol. The molecule has 0 saturated heterocycles. The van der Waals surface area contributed by atoms with Gasteiger partial charge in [0.1, 0.15) is 0 Å². The normalized spacial score (nSPS) is 12.7. The highest BCUT2D eigenvalue weighted by Gasteiger charge is 2.24. The second kappa shape index (κ2) is 11.3. The van der Waals surface area contributed by atoms with Crippen LogP contribution < -0.4 is 10.2 Å². The first-order valence-corrected chi connectivity index (χ1v) is 12.6. The molecule has 8 nitrogen and oxygen atoms in total. The van der Waals surface area contributed by atoms with Crippen molar-refractivity contribution in [1.82, 2.24) is 19.8 Å². The van der Waals surface area contributed by atoms with Gasteiger partial charge < -0.3 is 20.0 Å². The van der Waals surface area contributed by atoms with Gasteiger partial charge in [0.2, 0.25) is 11.9 Å². The molecule has 2 amide bonds. The fraction of sp³-hybridized carbons (Fsp3) is 0.357. The molecular formula is C28H34N6O2. The van der Waals surface area contributed by atoms with Crippen LogP contribution in [0.15, 0.2) is 54.7 Å². The summed E-state index contributed by atoms with van der Waals surface area (Å²) in [5.74, 6) is 0.473. The lowest BCUT2D eigenvalue weighted by molar-refractivity contribution is -0.117. The third-order valence-electron chi connectivity index (χ3n) is 6.74. The third kappa shape index (κ3) is 5.39. The smallest absolute Gasteiger partial charge is 0.253 e. The maximum atomic E-state index is 13.0. The van der Waals surface area contributed by atoms with Crippen molar-refractivity contribution in [3.05, 3.63) is 65.9 Å². The number of anilines is 3. The van der Waals surface area contributed by atoms with Gasteiger partial charge in [0.25, 0.3) is 5.91 Å². The first-order chi connectivity index (χ1) is 17.4. The number of hydrogen-bond acceptors (Lipinski definition) is 6. The number of hydrogen-bond donors (Lipinski definition) is 1. The van der Waals surface area contributed by atoms with Gasteiger partial charge in [0.15, 0.2) is 0 Å². The molecule has 0 unspecified atom stereocenters. The number of nitrogens with zero attached hydrogens (tertiary/aromatic N) is 5.